The molecule has 0 aliphatic carbocycles. The van der Waals surface area contributed by atoms with E-state index < -0.39 is 12.0 Å². The number of fused-ring (bicyclic) bond motifs is 2. The van der Waals surface area contributed by atoms with Gasteiger partial charge in [-0.15, -0.1) is 5.10 Å². The van der Waals surface area contributed by atoms with Gasteiger partial charge >= 0.3 is 6.01 Å². The monoisotopic (exact) mass is 367 g/mol. The van der Waals surface area contributed by atoms with E-state index in [1.54, 1.807) is 36.4 Å². The van der Waals surface area contributed by atoms with Crippen LogP contribution in [-0.2, 0) is 4.79 Å². The van der Waals surface area contributed by atoms with E-state index >= 15 is 0 Å². The molecule has 9 heteroatoms. The van der Waals surface area contributed by atoms with Crippen molar-refractivity contribution in [3.8, 4) is 34.5 Å². The Hall–Kier alpha value is -3.75. The van der Waals surface area contributed by atoms with Gasteiger partial charge < -0.3 is 23.4 Å². The molecule has 0 saturated carbocycles. The molecule has 1 amide bonds. The van der Waals surface area contributed by atoms with Gasteiger partial charge in [0.05, 0.1) is 0 Å². The lowest BCUT2D eigenvalue weighted by Gasteiger charge is -2.24. The lowest BCUT2D eigenvalue weighted by Crippen LogP contribution is -2.40. The Balaban J connectivity index is 1.29. The van der Waals surface area contributed by atoms with Crippen LogP contribution in [0.15, 0.2) is 46.9 Å². The molecule has 1 aromatic heterocycles. The number of para-hydroxylation sites is 2. The number of anilines is 1. The highest BCUT2D eigenvalue weighted by molar-refractivity contribution is 5.93. The third-order valence-electron chi connectivity index (χ3n) is 4.08. The highest BCUT2D eigenvalue weighted by atomic mass is 16.7. The minimum atomic E-state index is -0.819. The smallest absolute Gasteiger partial charge is 0.322 e. The maximum atomic E-state index is 12.4. The highest BCUT2D eigenvalue weighted by Gasteiger charge is 2.28. The third kappa shape index (κ3) is 2.88. The number of ether oxygens (including phenoxy) is 4. The number of aromatic nitrogens is 2. The molecule has 3 heterocycles. The Labute approximate surface area is 152 Å². The van der Waals surface area contributed by atoms with Crippen LogP contribution >= 0.6 is 0 Å². The summed E-state index contributed by atoms with van der Waals surface area (Å²) in [6.45, 7) is 0.266. The normalized spacial score (nSPS) is 16.8. The number of hydrogen-bond acceptors (Lipinski definition) is 8. The van der Waals surface area contributed by atoms with Crippen LogP contribution in [0.5, 0.6) is 23.0 Å². The first-order valence-corrected chi connectivity index (χ1v) is 8.19. The quantitative estimate of drug-likeness (QED) is 0.751. The van der Waals surface area contributed by atoms with Crippen LogP contribution in [0.3, 0.4) is 0 Å². The molecule has 9 nitrogen and oxygen atoms in total. The summed E-state index contributed by atoms with van der Waals surface area (Å²) in [6, 6.07) is 12.4. The molecule has 1 atom stereocenters. The number of hydrogen-bond donors (Lipinski definition) is 1. The second-order valence-corrected chi connectivity index (χ2v) is 5.83. The minimum absolute atomic E-state index is 0.0323. The number of carbonyl (C=O) groups excluding carboxylic acids is 1. The van der Waals surface area contributed by atoms with Gasteiger partial charge in [-0.3, -0.25) is 10.1 Å². The predicted molar refractivity (Wildman–Crippen MR) is 90.8 cm³/mol. The van der Waals surface area contributed by atoms with Gasteiger partial charge in [-0.1, -0.05) is 17.2 Å². The summed E-state index contributed by atoms with van der Waals surface area (Å²) in [5.74, 6) is 2.17. The van der Waals surface area contributed by atoms with Crippen molar-refractivity contribution < 1.29 is 28.2 Å². The predicted octanol–water partition coefficient (Wildman–Crippen LogP) is 2.24. The molecule has 136 valence electrons. The van der Waals surface area contributed by atoms with E-state index in [1.165, 1.54) is 0 Å². The SMILES string of the molecule is O=C(Nc1nnc(-c2ccc3c(c2)OCO3)o1)[C@@H]1COc2ccccc2O1. The molecule has 0 bridgehead atoms. The van der Waals surface area contributed by atoms with Crippen molar-refractivity contribution in [2.45, 2.75) is 6.10 Å². The van der Waals surface area contributed by atoms with Crippen LogP contribution in [0.2, 0.25) is 0 Å². The Morgan fingerprint density at radius 3 is 2.70 bits per heavy atom. The van der Waals surface area contributed by atoms with Crippen molar-refractivity contribution in [1.29, 1.82) is 0 Å². The van der Waals surface area contributed by atoms with Crippen molar-refractivity contribution in [3.05, 3.63) is 42.5 Å². The number of benzene rings is 2. The number of amides is 1. The van der Waals surface area contributed by atoms with Gasteiger partial charge in [0.15, 0.2) is 23.0 Å². The number of rotatable bonds is 3. The first-order chi connectivity index (χ1) is 13.3. The Kier molecular flexibility index (Phi) is 3.56. The van der Waals surface area contributed by atoms with Crippen LogP contribution in [0.4, 0.5) is 6.01 Å². The molecule has 1 N–H and O–H groups in total. The number of carbonyl (C=O) groups is 1. The summed E-state index contributed by atoms with van der Waals surface area (Å²) in [5, 5.41) is 10.3. The van der Waals surface area contributed by atoms with Crippen molar-refractivity contribution in [2.75, 3.05) is 18.7 Å². The van der Waals surface area contributed by atoms with Crippen molar-refractivity contribution in [3.63, 3.8) is 0 Å². The third-order valence-corrected chi connectivity index (χ3v) is 4.08. The molecular weight excluding hydrogens is 354 g/mol. The Bertz CT molecular complexity index is 1020. The molecule has 0 spiro atoms. The van der Waals surface area contributed by atoms with Crippen LogP contribution in [0.1, 0.15) is 0 Å². The fourth-order valence-electron chi connectivity index (χ4n) is 2.75. The van der Waals surface area contributed by atoms with Gasteiger partial charge in [-0.2, -0.15) is 0 Å². The maximum absolute atomic E-state index is 12.4. The molecule has 0 unspecified atom stereocenters. The molecule has 3 aromatic rings. The average molecular weight is 367 g/mol. The van der Waals surface area contributed by atoms with Crippen LogP contribution < -0.4 is 24.3 Å². The van der Waals surface area contributed by atoms with E-state index in [0.717, 1.165) is 0 Å². The average Bonchev–Trinajstić information content (AvgIpc) is 3.36. The minimum Gasteiger partial charge on any atom is -0.485 e. The zero-order valence-electron chi connectivity index (χ0n) is 13.9. The summed E-state index contributed by atoms with van der Waals surface area (Å²) in [4.78, 5) is 12.4. The molecular formula is C18H13N3O6. The topological polar surface area (TPSA) is 105 Å². The molecule has 0 radical (unpaired) electrons. The molecule has 0 fully saturated rings. The van der Waals surface area contributed by atoms with Gasteiger partial charge in [0, 0.05) is 5.56 Å². The van der Waals surface area contributed by atoms with Crippen LogP contribution in [-0.4, -0.2) is 35.6 Å². The molecule has 2 aliphatic rings. The summed E-state index contributed by atoms with van der Waals surface area (Å²) < 4.78 is 27.3. The first kappa shape index (κ1) is 15.5. The fourth-order valence-corrected chi connectivity index (χ4v) is 2.75. The lowest BCUT2D eigenvalue weighted by molar-refractivity contribution is -0.125. The standard InChI is InChI=1S/C18H13N3O6/c22-16(15-8-23-11-3-1-2-4-13(11)26-15)19-18-21-20-17(27-18)10-5-6-12-14(7-10)25-9-24-12/h1-7,15H,8-9H2,(H,19,21,22)/t15-/m0/s1. The van der Waals surface area contributed by atoms with E-state index in [1.807, 2.05) is 6.07 Å². The summed E-state index contributed by atoms with van der Waals surface area (Å²) in [6.07, 6.45) is -0.819. The van der Waals surface area contributed by atoms with E-state index in [9.17, 15) is 4.79 Å². The summed E-state index contributed by atoms with van der Waals surface area (Å²) in [7, 11) is 0. The van der Waals surface area contributed by atoms with Crippen molar-refractivity contribution >= 4 is 11.9 Å². The second-order valence-electron chi connectivity index (χ2n) is 5.83. The van der Waals surface area contributed by atoms with E-state index in [-0.39, 0.29) is 25.3 Å². The zero-order valence-corrected chi connectivity index (χ0v) is 13.9. The highest BCUT2D eigenvalue weighted by Crippen LogP contribution is 2.36. The molecule has 5 rings (SSSR count). The summed E-state index contributed by atoms with van der Waals surface area (Å²) in [5.41, 5.74) is 0.651. The van der Waals surface area contributed by atoms with Crippen LogP contribution in [0, 0.1) is 0 Å². The van der Waals surface area contributed by atoms with Crippen molar-refractivity contribution in [2.24, 2.45) is 0 Å². The number of nitrogens with one attached hydrogen (secondary N) is 1. The zero-order chi connectivity index (χ0) is 18.2. The number of nitrogens with zero attached hydrogens (tertiary/aromatic N) is 2. The molecule has 27 heavy (non-hydrogen) atoms. The molecule has 2 aromatic carbocycles. The Morgan fingerprint density at radius 2 is 1.78 bits per heavy atom. The first-order valence-electron chi connectivity index (χ1n) is 8.19. The Morgan fingerprint density at radius 1 is 0.963 bits per heavy atom. The van der Waals surface area contributed by atoms with Crippen molar-refractivity contribution in [1.82, 2.24) is 10.2 Å². The van der Waals surface area contributed by atoms with E-state index in [0.29, 0.717) is 28.6 Å². The largest absolute Gasteiger partial charge is 0.485 e. The van der Waals surface area contributed by atoms with Gasteiger partial charge in [-0.25, -0.2) is 0 Å². The van der Waals surface area contributed by atoms with Gasteiger partial charge in [0.2, 0.25) is 18.8 Å². The molecule has 2 aliphatic heterocycles. The van der Waals surface area contributed by atoms with Gasteiger partial charge in [0.1, 0.15) is 6.61 Å². The van der Waals surface area contributed by atoms with E-state index in [2.05, 4.69) is 15.5 Å². The second kappa shape index (κ2) is 6.20. The fraction of sp³-hybridized carbons (Fsp3) is 0.167. The maximum Gasteiger partial charge on any atom is 0.322 e. The van der Waals surface area contributed by atoms with Crippen LogP contribution in [0.25, 0.3) is 11.5 Å². The molecule has 0 saturated heterocycles. The summed E-state index contributed by atoms with van der Waals surface area (Å²) >= 11 is 0. The van der Waals surface area contributed by atoms with Gasteiger partial charge in [-0.05, 0) is 30.3 Å². The van der Waals surface area contributed by atoms with Gasteiger partial charge in [0.25, 0.3) is 5.91 Å². The van der Waals surface area contributed by atoms with E-state index in [4.69, 9.17) is 23.4 Å². The lowest BCUT2D eigenvalue weighted by atomic mass is 10.2.